The first-order valence-electron chi connectivity index (χ1n) is 4.16. The number of hydrogen-bond donors (Lipinski definition) is 1. The van der Waals surface area contributed by atoms with Gasteiger partial charge < -0.3 is 19.5 Å². The first-order valence-corrected chi connectivity index (χ1v) is 4.16. The van der Waals surface area contributed by atoms with E-state index in [0.29, 0.717) is 12.8 Å². The predicted octanol–water partition coefficient (Wildman–Crippen LogP) is 0.206. The lowest BCUT2D eigenvalue weighted by Crippen LogP contribution is -2.49. The van der Waals surface area contributed by atoms with Gasteiger partial charge in [-0.05, 0) is 0 Å². The van der Waals surface area contributed by atoms with Gasteiger partial charge in [0.25, 0.3) is 5.91 Å². The van der Waals surface area contributed by atoms with Crippen LogP contribution in [0.1, 0.15) is 19.8 Å². The number of methoxy groups -OCH3 is 2. The second-order valence-corrected chi connectivity index (χ2v) is 2.96. The van der Waals surface area contributed by atoms with Gasteiger partial charge in [-0.15, -0.1) is 0 Å². The van der Waals surface area contributed by atoms with Crippen molar-refractivity contribution in [2.75, 3.05) is 14.2 Å². The second-order valence-electron chi connectivity index (χ2n) is 2.96. The highest BCUT2D eigenvalue weighted by Gasteiger charge is 2.41. The Morgan fingerprint density at radius 1 is 1.62 bits per heavy atom. The third-order valence-corrected chi connectivity index (χ3v) is 1.99. The molecular formula is C8H15NO4. The van der Waals surface area contributed by atoms with Gasteiger partial charge in [-0.1, -0.05) is 0 Å². The Morgan fingerprint density at radius 2 is 2.31 bits per heavy atom. The van der Waals surface area contributed by atoms with Gasteiger partial charge in [0.2, 0.25) is 5.91 Å². The van der Waals surface area contributed by atoms with Crippen molar-refractivity contribution in [2.24, 2.45) is 0 Å². The number of amides is 1. The summed E-state index contributed by atoms with van der Waals surface area (Å²) in [4.78, 5) is 10.8. The van der Waals surface area contributed by atoms with Crippen LogP contribution in [-0.4, -0.2) is 32.3 Å². The molecule has 76 valence electrons. The molecule has 1 aliphatic rings. The summed E-state index contributed by atoms with van der Waals surface area (Å²) in [6.07, 6.45) is 1.01. The van der Waals surface area contributed by atoms with Gasteiger partial charge in [0.05, 0.1) is 0 Å². The van der Waals surface area contributed by atoms with Crippen molar-refractivity contribution >= 4 is 5.91 Å². The van der Waals surface area contributed by atoms with Crippen LogP contribution in [0, 0.1) is 0 Å². The van der Waals surface area contributed by atoms with Crippen molar-refractivity contribution in [2.45, 2.75) is 32.0 Å². The molecule has 0 aromatic rings. The first kappa shape index (κ1) is 10.4. The van der Waals surface area contributed by atoms with Crippen LogP contribution in [0.25, 0.3) is 0 Å². The van der Waals surface area contributed by atoms with Crippen molar-refractivity contribution in [1.29, 1.82) is 0 Å². The molecule has 0 radical (unpaired) electrons. The Labute approximate surface area is 77.3 Å². The molecule has 5 heteroatoms. The number of hydrogen-bond acceptors (Lipinski definition) is 4. The van der Waals surface area contributed by atoms with E-state index in [1.807, 2.05) is 0 Å². The van der Waals surface area contributed by atoms with Crippen molar-refractivity contribution in [3.8, 4) is 0 Å². The zero-order valence-electron chi connectivity index (χ0n) is 8.12. The summed E-state index contributed by atoms with van der Waals surface area (Å²) in [5, 5.41) is 2.61. The highest BCUT2D eigenvalue weighted by molar-refractivity contribution is 5.73. The molecule has 1 N–H and O–H groups in total. The van der Waals surface area contributed by atoms with E-state index in [9.17, 15) is 4.79 Å². The summed E-state index contributed by atoms with van der Waals surface area (Å²) in [6, 6.07) is 0. The summed E-state index contributed by atoms with van der Waals surface area (Å²) in [6.45, 7) is 1.42. The van der Waals surface area contributed by atoms with Gasteiger partial charge in [-0.3, -0.25) is 4.79 Å². The smallest absolute Gasteiger partial charge is 0.253 e. The minimum atomic E-state index is -0.994. The summed E-state index contributed by atoms with van der Waals surface area (Å²) in [5.74, 6) is -1.18. The largest absolute Gasteiger partial charge is 0.356 e. The summed E-state index contributed by atoms with van der Waals surface area (Å²) >= 11 is 0. The zero-order chi connectivity index (χ0) is 9.90. The van der Waals surface area contributed by atoms with Crippen molar-refractivity contribution in [3.63, 3.8) is 0 Å². The molecule has 1 fully saturated rings. The zero-order valence-corrected chi connectivity index (χ0v) is 8.12. The molecule has 0 aromatic heterocycles. The van der Waals surface area contributed by atoms with Crippen LogP contribution in [0.3, 0.4) is 0 Å². The van der Waals surface area contributed by atoms with Crippen LogP contribution in [0.4, 0.5) is 0 Å². The van der Waals surface area contributed by atoms with Crippen molar-refractivity contribution < 1.29 is 19.0 Å². The summed E-state index contributed by atoms with van der Waals surface area (Å²) in [7, 11) is 3.05. The van der Waals surface area contributed by atoms with Gasteiger partial charge in [0.1, 0.15) is 0 Å². The Kier molecular flexibility index (Phi) is 3.24. The Hall–Kier alpha value is -0.650. The second kappa shape index (κ2) is 4.04. The SMILES string of the molecule is COC1CCC(NC(C)=O)(OC)O1. The van der Waals surface area contributed by atoms with Gasteiger partial charge >= 0.3 is 0 Å². The first-order chi connectivity index (χ1) is 6.12. The van der Waals surface area contributed by atoms with Crippen LogP contribution in [0.2, 0.25) is 0 Å². The van der Waals surface area contributed by atoms with Crippen molar-refractivity contribution in [3.05, 3.63) is 0 Å². The van der Waals surface area contributed by atoms with Gasteiger partial charge in [-0.25, -0.2) is 0 Å². The average Bonchev–Trinajstić information content (AvgIpc) is 2.48. The summed E-state index contributed by atoms with van der Waals surface area (Å²) < 4.78 is 15.5. The highest BCUT2D eigenvalue weighted by Crippen LogP contribution is 2.28. The molecule has 0 aliphatic carbocycles. The maximum absolute atomic E-state index is 10.8. The summed E-state index contributed by atoms with van der Waals surface area (Å²) in [5.41, 5.74) is 0. The van der Waals surface area contributed by atoms with Crippen LogP contribution >= 0.6 is 0 Å². The maximum atomic E-state index is 10.8. The van der Waals surface area contributed by atoms with E-state index in [2.05, 4.69) is 5.32 Å². The number of ether oxygens (including phenoxy) is 3. The maximum Gasteiger partial charge on any atom is 0.253 e. The van der Waals surface area contributed by atoms with Crippen LogP contribution in [0.15, 0.2) is 0 Å². The van der Waals surface area contributed by atoms with E-state index in [4.69, 9.17) is 14.2 Å². The molecule has 1 heterocycles. The number of rotatable bonds is 3. The van der Waals surface area contributed by atoms with Gasteiger partial charge in [0, 0.05) is 34.0 Å². The average molecular weight is 189 g/mol. The van der Waals surface area contributed by atoms with Gasteiger partial charge in [-0.2, -0.15) is 0 Å². The third-order valence-electron chi connectivity index (χ3n) is 1.99. The Bertz CT molecular complexity index is 197. The lowest BCUT2D eigenvalue weighted by molar-refractivity contribution is -0.268. The van der Waals surface area contributed by atoms with E-state index in [1.165, 1.54) is 14.0 Å². The van der Waals surface area contributed by atoms with E-state index in [-0.39, 0.29) is 12.2 Å². The van der Waals surface area contributed by atoms with E-state index in [0.717, 1.165) is 0 Å². The fraction of sp³-hybridized carbons (Fsp3) is 0.875. The van der Waals surface area contributed by atoms with E-state index < -0.39 is 5.91 Å². The molecular weight excluding hydrogens is 174 g/mol. The van der Waals surface area contributed by atoms with Crippen molar-refractivity contribution in [1.82, 2.24) is 5.32 Å². The van der Waals surface area contributed by atoms with E-state index >= 15 is 0 Å². The molecule has 1 saturated heterocycles. The molecule has 0 saturated carbocycles. The fourth-order valence-electron chi connectivity index (χ4n) is 1.37. The standard InChI is InChI=1S/C8H15NO4/c1-6(10)9-8(12-3)5-4-7(11-2)13-8/h7H,4-5H2,1-3H3,(H,9,10). The number of carbonyl (C=O) groups is 1. The number of nitrogens with one attached hydrogen (secondary N) is 1. The fourth-order valence-corrected chi connectivity index (χ4v) is 1.37. The molecule has 5 nitrogen and oxygen atoms in total. The molecule has 0 aromatic carbocycles. The van der Waals surface area contributed by atoms with Crippen LogP contribution < -0.4 is 5.32 Å². The normalized spacial score (nSPS) is 33.3. The molecule has 1 rings (SSSR count). The molecule has 13 heavy (non-hydrogen) atoms. The topological polar surface area (TPSA) is 56.8 Å². The number of carbonyl (C=O) groups excluding carboxylic acids is 1. The Morgan fingerprint density at radius 3 is 2.69 bits per heavy atom. The highest BCUT2D eigenvalue weighted by atomic mass is 16.8. The van der Waals surface area contributed by atoms with E-state index in [1.54, 1.807) is 7.11 Å². The molecule has 1 amide bonds. The molecule has 0 spiro atoms. The lowest BCUT2D eigenvalue weighted by Gasteiger charge is -2.27. The van der Waals surface area contributed by atoms with Gasteiger partial charge in [0.15, 0.2) is 6.29 Å². The molecule has 0 bridgehead atoms. The predicted molar refractivity (Wildman–Crippen MR) is 44.7 cm³/mol. The molecule has 2 atom stereocenters. The van der Waals surface area contributed by atoms with Crippen LogP contribution in [-0.2, 0) is 19.0 Å². The third kappa shape index (κ3) is 2.40. The van der Waals surface area contributed by atoms with Crippen LogP contribution in [0.5, 0.6) is 0 Å². The lowest BCUT2D eigenvalue weighted by atomic mass is 10.3. The molecule has 1 aliphatic heterocycles. The quantitative estimate of drug-likeness (QED) is 0.644. The minimum Gasteiger partial charge on any atom is -0.356 e. The minimum absolute atomic E-state index is 0.182. The Balaban J connectivity index is 2.57. The molecule has 2 unspecified atom stereocenters. The monoisotopic (exact) mass is 189 g/mol.